The van der Waals surface area contributed by atoms with Crippen molar-refractivity contribution in [3.63, 3.8) is 0 Å². The van der Waals surface area contributed by atoms with Gasteiger partial charge in [0, 0.05) is 17.1 Å². The maximum absolute atomic E-state index is 12.9. The molecule has 1 fully saturated rings. The van der Waals surface area contributed by atoms with Crippen molar-refractivity contribution < 1.29 is 9.50 Å². The average molecular weight is 302 g/mol. The van der Waals surface area contributed by atoms with Gasteiger partial charge in [0.05, 0.1) is 6.10 Å². The highest BCUT2D eigenvalue weighted by atomic mass is 79.9. The average Bonchev–Trinajstić information content (AvgIpc) is 2.28. The first-order valence-corrected chi connectivity index (χ1v) is 6.80. The lowest BCUT2D eigenvalue weighted by molar-refractivity contribution is 0.111. The molecule has 1 aliphatic rings. The van der Waals surface area contributed by atoms with Gasteiger partial charge in [-0.05, 0) is 43.4 Å². The zero-order chi connectivity index (χ0) is 12.3. The summed E-state index contributed by atoms with van der Waals surface area (Å²) in [5, 5.41) is 13.0. The van der Waals surface area contributed by atoms with Crippen molar-refractivity contribution in [2.45, 2.75) is 44.4 Å². The van der Waals surface area contributed by atoms with Gasteiger partial charge in [0.1, 0.15) is 5.82 Å². The molecule has 0 radical (unpaired) electrons. The predicted octanol–water partition coefficient (Wildman–Crippen LogP) is 2.98. The third kappa shape index (κ3) is 3.76. The summed E-state index contributed by atoms with van der Waals surface area (Å²) in [7, 11) is 0. The fraction of sp³-hybridized carbons (Fsp3) is 0.538. The van der Waals surface area contributed by atoms with Gasteiger partial charge < -0.3 is 10.4 Å². The van der Waals surface area contributed by atoms with E-state index in [2.05, 4.69) is 21.2 Å². The minimum Gasteiger partial charge on any atom is -0.393 e. The highest BCUT2D eigenvalue weighted by molar-refractivity contribution is 9.10. The molecule has 0 bridgehead atoms. The summed E-state index contributed by atoms with van der Waals surface area (Å²) in [6, 6.07) is 5.10. The third-order valence-electron chi connectivity index (χ3n) is 3.24. The molecule has 1 saturated carbocycles. The molecule has 1 aromatic rings. The van der Waals surface area contributed by atoms with Crippen molar-refractivity contribution in [3.05, 3.63) is 34.1 Å². The van der Waals surface area contributed by atoms with Crippen LogP contribution < -0.4 is 5.32 Å². The number of aliphatic hydroxyl groups is 1. The van der Waals surface area contributed by atoms with Gasteiger partial charge in [-0.15, -0.1) is 0 Å². The maximum Gasteiger partial charge on any atom is 0.124 e. The number of rotatable bonds is 3. The Labute approximate surface area is 109 Å². The SMILES string of the molecule is OC1CCCC(NCc2ccc(F)cc2Br)C1. The van der Waals surface area contributed by atoms with E-state index in [1.807, 2.05) is 0 Å². The molecular weight excluding hydrogens is 285 g/mol. The first kappa shape index (κ1) is 13.0. The van der Waals surface area contributed by atoms with Crippen molar-refractivity contribution in [1.29, 1.82) is 0 Å². The van der Waals surface area contributed by atoms with Crippen LogP contribution in [0.5, 0.6) is 0 Å². The molecule has 0 aromatic heterocycles. The summed E-state index contributed by atoms with van der Waals surface area (Å²) in [6.45, 7) is 0.707. The topological polar surface area (TPSA) is 32.3 Å². The Kier molecular flexibility index (Phi) is 4.54. The van der Waals surface area contributed by atoms with E-state index in [1.165, 1.54) is 12.1 Å². The molecule has 2 rings (SSSR count). The van der Waals surface area contributed by atoms with Crippen molar-refractivity contribution in [2.75, 3.05) is 0 Å². The van der Waals surface area contributed by atoms with Crippen molar-refractivity contribution >= 4 is 15.9 Å². The van der Waals surface area contributed by atoms with E-state index in [0.717, 1.165) is 35.7 Å². The van der Waals surface area contributed by atoms with Gasteiger partial charge in [-0.2, -0.15) is 0 Å². The van der Waals surface area contributed by atoms with E-state index in [0.29, 0.717) is 12.6 Å². The third-order valence-corrected chi connectivity index (χ3v) is 3.98. The first-order chi connectivity index (χ1) is 8.15. The Morgan fingerprint density at radius 1 is 1.41 bits per heavy atom. The Balaban J connectivity index is 1.88. The smallest absolute Gasteiger partial charge is 0.124 e. The van der Waals surface area contributed by atoms with Gasteiger partial charge in [0.25, 0.3) is 0 Å². The predicted molar refractivity (Wildman–Crippen MR) is 69.2 cm³/mol. The second kappa shape index (κ2) is 5.94. The quantitative estimate of drug-likeness (QED) is 0.899. The lowest BCUT2D eigenvalue weighted by atomic mass is 9.93. The zero-order valence-electron chi connectivity index (χ0n) is 9.63. The highest BCUT2D eigenvalue weighted by Gasteiger charge is 2.19. The van der Waals surface area contributed by atoms with E-state index < -0.39 is 0 Å². The summed E-state index contributed by atoms with van der Waals surface area (Å²) < 4.78 is 13.7. The molecule has 4 heteroatoms. The Hall–Kier alpha value is -0.450. The summed E-state index contributed by atoms with van der Waals surface area (Å²) in [4.78, 5) is 0. The molecule has 0 spiro atoms. The second-order valence-electron chi connectivity index (χ2n) is 4.63. The number of hydrogen-bond donors (Lipinski definition) is 2. The minimum atomic E-state index is -0.228. The normalized spacial score (nSPS) is 24.9. The van der Waals surface area contributed by atoms with Crippen LogP contribution in [0.25, 0.3) is 0 Å². The van der Waals surface area contributed by atoms with Crippen molar-refractivity contribution in [1.82, 2.24) is 5.32 Å². The van der Waals surface area contributed by atoms with Gasteiger partial charge in [-0.1, -0.05) is 22.0 Å². The summed E-state index contributed by atoms with van der Waals surface area (Å²) in [5.74, 6) is -0.228. The molecule has 0 aliphatic heterocycles. The van der Waals surface area contributed by atoms with Crippen LogP contribution in [0.4, 0.5) is 4.39 Å². The Morgan fingerprint density at radius 2 is 2.24 bits per heavy atom. The molecule has 17 heavy (non-hydrogen) atoms. The van der Waals surface area contributed by atoms with Crippen molar-refractivity contribution in [3.8, 4) is 0 Å². The second-order valence-corrected chi connectivity index (χ2v) is 5.49. The van der Waals surface area contributed by atoms with Gasteiger partial charge in [-0.25, -0.2) is 4.39 Å². The van der Waals surface area contributed by atoms with E-state index in [4.69, 9.17) is 0 Å². The van der Waals surface area contributed by atoms with E-state index >= 15 is 0 Å². The molecule has 1 aromatic carbocycles. The number of aliphatic hydroxyl groups excluding tert-OH is 1. The van der Waals surface area contributed by atoms with Crippen LogP contribution in [-0.2, 0) is 6.54 Å². The molecule has 2 N–H and O–H groups in total. The van der Waals surface area contributed by atoms with Crippen LogP contribution in [-0.4, -0.2) is 17.3 Å². The van der Waals surface area contributed by atoms with Crippen LogP contribution in [0.3, 0.4) is 0 Å². The van der Waals surface area contributed by atoms with Crippen LogP contribution in [0.15, 0.2) is 22.7 Å². The molecule has 2 unspecified atom stereocenters. The number of nitrogens with one attached hydrogen (secondary N) is 1. The van der Waals surface area contributed by atoms with Gasteiger partial charge in [0.2, 0.25) is 0 Å². The Bertz CT molecular complexity index is 386. The molecule has 0 saturated heterocycles. The molecule has 0 amide bonds. The Morgan fingerprint density at radius 3 is 2.94 bits per heavy atom. The lowest BCUT2D eigenvalue weighted by Gasteiger charge is -2.26. The highest BCUT2D eigenvalue weighted by Crippen LogP contribution is 2.21. The molecule has 2 atom stereocenters. The lowest BCUT2D eigenvalue weighted by Crippen LogP contribution is -2.35. The van der Waals surface area contributed by atoms with Gasteiger partial charge >= 0.3 is 0 Å². The molecule has 1 aliphatic carbocycles. The largest absolute Gasteiger partial charge is 0.393 e. The van der Waals surface area contributed by atoms with Crippen LogP contribution >= 0.6 is 15.9 Å². The minimum absolute atomic E-state index is 0.169. The van der Waals surface area contributed by atoms with Crippen molar-refractivity contribution in [2.24, 2.45) is 0 Å². The molecular formula is C13H17BrFNO. The van der Waals surface area contributed by atoms with E-state index in [9.17, 15) is 9.50 Å². The summed E-state index contributed by atoms with van der Waals surface area (Å²) in [6.07, 6.45) is 3.74. The van der Waals surface area contributed by atoms with Gasteiger partial charge in [0.15, 0.2) is 0 Å². The monoisotopic (exact) mass is 301 g/mol. The first-order valence-electron chi connectivity index (χ1n) is 6.00. The van der Waals surface area contributed by atoms with Crippen LogP contribution in [0, 0.1) is 5.82 Å². The zero-order valence-corrected chi connectivity index (χ0v) is 11.2. The summed E-state index contributed by atoms with van der Waals surface area (Å²) in [5.41, 5.74) is 1.05. The number of hydrogen-bond acceptors (Lipinski definition) is 2. The molecule has 94 valence electrons. The standard InChI is InChI=1S/C13H17BrFNO/c14-13-6-10(15)5-4-9(13)8-16-11-2-1-3-12(17)7-11/h4-6,11-12,16-17H,1-3,7-8H2. The summed E-state index contributed by atoms with van der Waals surface area (Å²) >= 11 is 3.35. The molecule has 2 nitrogen and oxygen atoms in total. The van der Waals surface area contributed by atoms with E-state index in [1.54, 1.807) is 6.07 Å². The van der Waals surface area contributed by atoms with Gasteiger partial charge in [-0.3, -0.25) is 0 Å². The van der Waals surface area contributed by atoms with Crippen LogP contribution in [0.1, 0.15) is 31.2 Å². The number of halogens is 2. The van der Waals surface area contributed by atoms with Crippen LogP contribution in [0.2, 0.25) is 0 Å². The number of benzene rings is 1. The fourth-order valence-corrected chi connectivity index (χ4v) is 2.76. The molecule has 0 heterocycles. The maximum atomic E-state index is 12.9. The fourth-order valence-electron chi connectivity index (χ4n) is 2.27. The van der Waals surface area contributed by atoms with E-state index in [-0.39, 0.29) is 11.9 Å².